The Morgan fingerprint density at radius 3 is 2.48 bits per heavy atom. The number of piperidine rings is 1. The molecule has 2 amide bonds. The van der Waals surface area contributed by atoms with Gasteiger partial charge in [0.1, 0.15) is 34.8 Å². The predicted octanol–water partition coefficient (Wildman–Crippen LogP) is 7.35. The minimum Gasteiger partial charge on any atom is -0.459 e. The van der Waals surface area contributed by atoms with Gasteiger partial charge in [-0.2, -0.15) is 5.10 Å². The number of pyridine rings is 1. The molecular weight excluding hydrogens is 790 g/mol. The van der Waals surface area contributed by atoms with Gasteiger partial charge in [-0.15, -0.1) is 0 Å². The molecule has 6 heterocycles. The van der Waals surface area contributed by atoms with Crippen molar-refractivity contribution >= 4 is 64.3 Å². The number of aromatic nitrogens is 6. The molecule has 0 aromatic carbocycles. The summed E-state index contributed by atoms with van der Waals surface area (Å²) in [6, 6.07) is 3.65. The van der Waals surface area contributed by atoms with Gasteiger partial charge in [0, 0.05) is 55.7 Å². The van der Waals surface area contributed by atoms with Crippen LogP contribution in [-0.2, 0) is 35.8 Å². The average molecular weight is 840 g/mol. The number of ether oxygens (including phenoxy) is 4. The van der Waals surface area contributed by atoms with E-state index in [-0.39, 0.29) is 35.5 Å². The Hall–Kier alpha value is -4.68. The molecule has 4 unspecified atom stereocenters. The lowest BCUT2D eigenvalue weighted by molar-refractivity contribution is -0.142. The number of hydrogen-bond donors (Lipinski definition) is 2. The highest BCUT2D eigenvalue weighted by molar-refractivity contribution is 7.99. The van der Waals surface area contributed by atoms with Crippen molar-refractivity contribution in [2.24, 2.45) is 11.8 Å². The van der Waals surface area contributed by atoms with Crippen LogP contribution in [0.3, 0.4) is 0 Å². The lowest BCUT2D eigenvalue weighted by Gasteiger charge is -2.29. The molecule has 4 aromatic heterocycles. The van der Waals surface area contributed by atoms with Crippen LogP contribution in [0.25, 0.3) is 11.2 Å². The van der Waals surface area contributed by atoms with Crippen molar-refractivity contribution in [3.05, 3.63) is 40.5 Å². The standard InChI is InChI=1S/C39H50ClN9O8S/c1-21-17-27(47-57-21)39(20-42-35(51)55-37(3,4)5)23-13-15-48(18-24(23)39)32-25(19-54-22(2)50)43-30-33(45-32)49(28-11-9-10-16-53-28)46-34(30)58-26-12-14-41-31(29(26)40)44-36(52)56-38(6,7)8/h12,14,17,23-24,28H,9-11,13,15-16,18-20H2,1-8H3,(H,42,51)(H,41,44,52). The molecule has 3 fully saturated rings. The fourth-order valence-corrected chi connectivity index (χ4v) is 8.93. The van der Waals surface area contributed by atoms with Gasteiger partial charge >= 0.3 is 18.2 Å². The Balaban J connectivity index is 1.24. The van der Waals surface area contributed by atoms with Gasteiger partial charge in [-0.1, -0.05) is 28.5 Å². The summed E-state index contributed by atoms with van der Waals surface area (Å²) in [4.78, 5) is 55.0. The molecule has 2 N–H and O–H groups in total. The Kier molecular flexibility index (Phi) is 11.6. The normalized spacial score (nSPS) is 21.9. The van der Waals surface area contributed by atoms with Crippen LogP contribution in [0.4, 0.5) is 21.2 Å². The van der Waals surface area contributed by atoms with Crippen LogP contribution in [0.1, 0.15) is 97.5 Å². The zero-order valence-electron chi connectivity index (χ0n) is 34.0. The van der Waals surface area contributed by atoms with E-state index >= 15 is 0 Å². The monoisotopic (exact) mass is 839 g/mol. The summed E-state index contributed by atoms with van der Waals surface area (Å²) >= 11 is 8.06. The first-order chi connectivity index (χ1) is 27.4. The minimum absolute atomic E-state index is 0.0785. The maximum Gasteiger partial charge on any atom is 0.413 e. The third-order valence-electron chi connectivity index (χ3n) is 10.2. The second kappa shape index (κ2) is 16.2. The molecule has 312 valence electrons. The molecule has 3 aliphatic rings. The number of hydrogen-bond acceptors (Lipinski definition) is 15. The Morgan fingerprint density at radius 1 is 1.05 bits per heavy atom. The summed E-state index contributed by atoms with van der Waals surface area (Å²) in [6.45, 7) is 15.9. The summed E-state index contributed by atoms with van der Waals surface area (Å²) in [5.41, 5.74) is 0.350. The maximum absolute atomic E-state index is 12.9. The summed E-state index contributed by atoms with van der Waals surface area (Å²) in [5.74, 6) is 1.20. The number of aryl methyl sites for hydroxylation is 1. The van der Waals surface area contributed by atoms with E-state index in [0.717, 1.165) is 31.4 Å². The van der Waals surface area contributed by atoms with Gasteiger partial charge in [-0.3, -0.25) is 10.1 Å². The lowest BCUT2D eigenvalue weighted by atomic mass is 9.96. The van der Waals surface area contributed by atoms with Gasteiger partial charge in [-0.05, 0) is 92.1 Å². The fraction of sp³-hybridized carbons (Fsp3) is 0.590. The summed E-state index contributed by atoms with van der Waals surface area (Å²) in [7, 11) is 0. The fourth-order valence-electron chi connectivity index (χ4n) is 7.77. The summed E-state index contributed by atoms with van der Waals surface area (Å²) < 4.78 is 30.1. The zero-order valence-corrected chi connectivity index (χ0v) is 35.6. The maximum atomic E-state index is 12.9. The molecule has 17 nitrogen and oxygen atoms in total. The van der Waals surface area contributed by atoms with E-state index in [0.29, 0.717) is 64.6 Å². The number of alkyl carbamates (subject to hydrolysis) is 1. The summed E-state index contributed by atoms with van der Waals surface area (Å²) in [5, 5.41) is 15.8. The molecule has 1 saturated carbocycles. The van der Waals surface area contributed by atoms with Crippen molar-refractivity contribution in [3.63, 3.8) is 0 Å². The van der Waals surface area contributed by atoms with Crippen LogP contribution in [0, 0.1) is 18.8 Å². The lowest BCUT2D eigenvalue weighted by Crippen LogP contribution is -2.38. The van der Waals surface area contributed by atoms with E-state index in [2.05, 4.69) is 25.7 Å². The van der Waals surface area contributed by atoms with E-state index in [1.54, 1.807) is 31.5 Å². The van der Waals surface area contributed by atoms with E-state index in [9.17, 15) is 14.4 Å². The van der Waals surface area contributed by atoms with Crippen LogP contribution < -0.4 is 15.5 Å². The van der Waals surface area contributed by atoms with Gasteiger partial charge < -0.3 is 33.7 Å². The third-order valence-corrected chi connectivity index (χ3v) is 11.7. The molecule has 7 rings (SSSR count). The SMILES string of the molecule is CC(=O)OCc1nc2c(Sc3ccnc(NC(=O)OC(C)(C)C)c3Cl)nn(C3CCCCO3)c2nc1N1CCC2C(C1)C2(CNC(=O)OC(C)(C)C)c1cc(C)on1. The predicted molar refractivity (Wildman–Crippen MR) is 214 cm³/mol. The molecule has 58 heavy (non-hydrogen) atoms. The van der Waals surface area contributed by atoms with Gasteiger partial charge in [0.15, 0.2) is 28.5 Å². The number of carbonyl (C=O) groups is 3. The molecule has 1 aliphatic carbocycles. The van der Waals surface area contributed by atoms with Crippen LogP contribution in [0.2, 0.25) is 5.02 Å². The number of anilines is 2. The van der Waals surface area contributed by atoms with Crippen molar-refractivity contribution in [1.29, 1.82) is 0 Å². The van der Waals surface area contributed by atoms with Crippen molar-refractivity contribution in [2.45, 2.75) is 120 Å². The second-order valence-electron chi connectivity index (χ2n) is 16.9. The Bertz CT molecular complexity index is 2190. The Morgan fingerprint density at radius 2 is 1.81 bits per heavy atom. The number of amides is 2. The molecular formula is C39H50ClN9O8S. The number of fused-ring (bicyclic) bond motifs is 2. The second-order valence-corrected chi connectivity index (χ2v) is 18.3. The topological polar surface area (TPSA) is 198 Å². The van der Waals surface area contributed by atoms with Crippen LogP contribution >= 0.6 is 23.4 Å². The Labute approximate surface area is 345 Å². The highest BCUT2D eigenvalue weighted by Crippen LogP contribution is 2.63. The number of carbonyl (C=O) groups excluding carboxylic acids is 3. The number of nitrogens with one attached hydrogen (secondary N) is 2. The van der Waals surface area contributed by atoms with Crippen molar-refractivity contribution in [2.75, 3.05) is 36.5 Å². The largest absolute Gasteiger partial charge is 0.459 e. The average Bonchev–Trinajstić information content (AvgIpc) is 3.35. The summed E-state index contributed by atoms with van der Waals surface area (Å²) in [6.07, 6.45) is 3.34. The van der Waals surface area contributed by atoms with E-state index in [4.69, 9.17) is 50.1 Å². The van der Waals surface area contributed by atoms with Gasteiger partial charge in [0.2, 0.25) is 0 Å². The van der Waals surface area contributed by atoms with E-state index in [1.165, 1.54) is 24.9 Å². The quantitative estimate of drug-likeness (QED) is 0.119. The van der Waals surface area contributed by atoms with Crippen LogP contribution in [0.5, 0.6) is 0 Å². The first-order valence-corrected chi connectivity index (χ1v) is 20.6. The van der Waals surface area contributed by atoms with E-state index < -0.39 is 34.8 Å². The molecule has 4 aromatic rings. The first kappa shape index (κ1) is 41.5. The number of rotatable bonds is 10. The highest BCUT2D eigenvalue weighted by Gasteiger charge is 2.68. The zero-order chi connectivity index (χ0) is 41.6. The molecule has 0 spiro atoms. The molecule has 2 saturated heterocycles. The molecule has 19 heteroatoms. The molecule has 0 radical (unpaired) electrons. The van der Waals surface area contributed by atoms with E-state index in [1.807, 2.05) is 33.8 Å². The molecule has 0 bridgehead atoms. The van der Waals surface area contributed by atoms with Crippen molar-refractivity contribution < 1.29 is 37.9 Å². The number of halogens is 1. The van der Waals surface area contributed by atoms with Crippen LogP contribution in [-0.4, -0.2) is 85.5 Å². The smallest absolute Gasteiger partial charge is 0.413 e. The highest BCUT2D eigenvalue weighted by atomic mass is 35.5. The first-order valence-electron chi connectivity index (χ1n) is 19.4. The van der Waals surface area contributed by atoms with Gasteiger partial charge in [0.05, 0.1) is 10.7 Å². The van der Waals surface area contributed by atoms with Crippen molar-refractivity contribution in [1.82, 2.24) is 35.2 Å². The number of esters is 1. The third kappa shape index (κ3) is 8.98. The molecule has 4 atom stereocenters. The molecule has 2 aliphatic heterocycles. The van der Waals surface area contributed by atoms with Crippen LogP contribution in [0.15, 0.2) is 32.8 Å². The minimum atomic E-state index is -0.718. The van der Waals surface area contributed by atoms with Gasteiger partial charge in [-0.25, -0.2) is 29.2 Å². The van der Waals surface area contributed by atoms with Gasteiger partial charge in [0.25, 0.3) is 0 Å². The van der Waals surface area contributed by atoms with Crippen molar-refractivity contribution in [3.8, 4) is 0 Å². The number of nitrogens with zero attached hydrogens (tertiary/aromatic N) is 7.